The zero-order valence-corrected chi connectivity index (χ0v) is 14.6. The average molecular weight is 317 g/mol. The first kappa shape index (κ1) is 17.4. The van der Waals surface area contributed by atoms with Crippen LogP contribution >= 0.6 is 0 Å². The number of aromatic nitrogens is 1. The molecule has 0 aliphatic carbocycles. The van der Waals surface area contributed by atoms with Gasteiger partial charge in [0.2, 0.25) is 0 Å². The van der Waals surface area contributed by atoms with Crippen LogP contribution in [0, 0.1) is 0 Å². The molecule has 0 saturated carbocycles. The van der Waals surface area contributed by atoms with Gasteiger partial charge >= 0.3 is 0 Å². The van der Waals surface area contributed by atoms with E-state index in [0.717, 1.165) is 25.8 Å². The third-order valence-electron chi connectivity index (χ3n) is 4.05. The van der Waals surface area contributed by atoms with Gasteiger partial charge < -0.3 is 10.2 Å². The van der Waals surface area contributed by atoms with Crippen molar-refractivity contribution < 1.29 is 9.59 Å². The van der Waals surface area contributed by atoms with E-state index < -0.39 is 0 Å². The van der Waals surface area contributed by atoms with E-state index in [1.807, 2.05) is 25.7 Å². The topological polar surface area (TPSA) is 62.3 Å². The van der Waals surface area contributed by atoms with Gasteiger partial charge in [-0.3, -0.25) is 9.59 Å². The van der Waals surface area contributed by atoms with Gasteiger partial charge in [0, 0.05) is 18.1 Å². The van der Waals surface area contributed by atoms with Gasteiger partial charge in [0.25, 0.3) is 11.8 Å². The number of hydrogen-bond acceptors (Lipinski definition) is 3. The molecule has 0 spiro atoms. The highest BCUT2D eigenvalue weighted by Crippen LogP contribution is 2.21. The average Bonchev–Trinajstić information content (AvgIpc) is 2.52. The highest BCUT2D eigenvalue weighted by atomic mass is 16.2. The lowest BCUT2D eigenvalue weighted by Gasteiger charge is -2.35. The van der Waals surface area contributed by atoms with Crippen molar-refractivity contribution in [3.63, 3.8) is 0 Å². The van der Waals surface area contributed by atoms with Gasteiger partial charge in [0.1, 0.15) is 11.4 Å². The van der Waals surface area contributed by atoms with E-state index in [0.29, 0.717) is 5.69 Å². The second kappa shape index (κ2) is 7.11. The first-order valence-corrected chi connectivity index (χ1v) is 8.42. The fourth-order valence-corrected chi connectivity index (χ4v) is 2.92. The number of carbonyl (C=O) groups excluding carboxylic acids is 2. The fraction of sp³-hybridized carbons (Fsp3) is 0.611. The van der Waals surface area contributed by atoms with Crippen molar-refractivity contribution in [2.45, 2.75) is 65.0 Å². The predicted octanol–water partition coefficient (Wildman–Crippen LogP) is 3.01. The summed E-state index contributed by atoms with van der Waals surface area (Å²) in [5, 5.41) is 2.87. The molecule has 5 nitrogen and oxygen atoms in total. The number of amides is 2. The molecule has 1 aromatic rings. The molecule has 0 radical (unpaired) electrons. The van der Waals surface area contributed by atoms with E-state index in [1.54, 1.807) is 18.2 Å². The summed E-state index contributed by atoms with van der Waals surface area (Å²) in [4.78, 5) is 31.2. The van der Waals surface area contributed by atoms with Crippen molar-refractivity contribution in [1.29, 1.82) is 0 Å². The van der Waals surface area contributed by atoms with Gasteiger partial charge in [0.05, 0.1) is 0 Å². The van der Waals surface area contributed by atoms with Crippen LogP contribution in [0.25, 0.3) is 0 Å². The minimum atomic E-state index is -0.334. The van der Waals surface area contributed by atoms with Crippen LogP contribution in [0.15, 0.2) is 18.2 Å². The first-order chi connectivity index (χ1) is 10.8. The molecule has 2 amide bonds. The molecule has 2 rings (SSSR count). The minimum Gasteiger partial charge on any atom is -0.346 e. The molecular weight excluding hydrogens is 290 g/mol. The Labute approximate surface area is 138 Å². The highest BCUT2D eigenvalue weighted by Gasteiger charge is 2.27. The quantitative estimate of drug-likeness (QED) is 0.932. The molecule has 0 aromatic carbocycles. The molecule has 1 N–H and O–H groups in total. The summed E-state index contributed by atoms with van der Waals surface area (Å²) in [6.45, 7) is 8.63. The Bertz CT molecular complexity index is 578. The summed E-state index contributed by atoms with van der Waals surface area (Å²) in [7, 11) is 0. The smallest absolute Gasteiger partial charge is 0.272 e. The maximum Gasteiger partial charge on any atom is 0.272 e. The SMILES string of the molecule is CCC1CCCCN1C(=O)c1cccc(C(=O)NC(C)(C)C)n1. The third-order valence-corrected chi connectivity index (χ3v) is 4.05. The van der Waals surface area contributed by atoms with Crippen molar-refractivity contribution in [2.75, 3.05) is 6.54 Å². The number of piperidine rings is 1. The standard InChI is InChI=1S/C18H27N3O2/c1-5-13-9-6-7-12-21(13)17(23)15-11-8-10-14(19-15)16(22)20-18(2,3)4/h8,10-11,13H,5-7,9,12H2,1-4H3,(H,20,22). The lowest BCUT2D eigenvalue weighted by molar-refractivity contribution is 0.0602. The number of carbonyl (C=O) groups is 2. The Morgan fingerprint density at radius 2 is 1.96 bits per heavy atom. The van der Waals surface area contributed by atoms with Crippen LogP contribution in [0.1, 0.15) is 74.4 Å². The molecule has 1 unspecified atom stereocenters. The van der Waals surface area contributed by atoms with Crippen molar-refractivity contribution in [2.24, 2.45) is 0 Å². The van der Waals surface area contributed by atoms with Crippen molar-refractivity contribution >= 4 is 11.8 Å². The molecule has 1 aliphatic rings. The van der Waals surface area contributed by atoms with Crippen LogP contribution < -0.4 is 5.32 Å². The summed E-state index contributed by atoms with van der Waals surface area (Å²) in [5.74, 6) is -0.320. The summed E-state index contributed by atoms with van der Waals surface area (Å²) in [6.07, 6.45) is 4.21. The molecule has 23 heavy (non-hydrogen) atoms. The number of nitrogens with one attached hydrogen (secondary N) is 1. The molecule has 1 fully saturated rings. The predicted molar refractivity (Wildman–Crippen MR) is 90.4 cm³/mol. The molecular formula is C18H27N3O2. The maximum atomic E-state index is 12.8. The number of hydrogen-bond donors (Lipinski definition) is 1. The molecule has 1 aromatic heterocycles. The normalized spacial score (nSPS) is 18.6. The zero-order valence-electron chi connectivity index (χ0n) is 14.6. The minimum absolute atomic E-state index is 0.0676. The molecule has 5 heteroatoms. The van der Waals surface area contributed by atoms with Crippen molar-refractivity contribution in [3.8, 4) is 0 Å². The van der Waals surface area contributed by atoms with Gasteiger partial charge in [0.15, 0.2) is 0 Å². The molecule has 1 aliphatic heterocycles. The third kappa shape index (κ3) is 4.53. The van der Waals surface area contributed by atoms with E-state index in [9.17, 15) is 9.59 Å². The maximum absolute atomic E-state index is 12.8. The summed E-state index contributed by atoms with van der Waals surface area (Å²) in [6, 6.07) is 5.34. The lowest BCUT2D eigenvalue weighted by atomic mass is 9.99. The van der Waals surface area contributed by atoms with Gasteiger partial charge in [-0.2, -0.15) is 0 Å². The number of rotatable bonds is 3. The van der Waals surface area contributed by atoms with Crippen LogP contribution in [-0.4, -0.2) is 39.8 Å². The van der Waals surface area contributed by atoms with Gasteiger partial charge in [-0.25, -0.2) is 4.98 Å². The summed E-state index contributed by atoms with van der Waals surface area (Å²) < 4.78 is 0. The Hall–Kier alpha value is -1.91. The number of likely N-dealkylation sites (tertiary alicyclic amines) is 1. The van der Waals surface area contributed by atoms with E-state index in [4.69, 9.17) is 0 Å². The van der Waals surface area contributed by atoms with Gasteiger partial charge in [-0.15, -0.1) is 0 Å². The van der Waals surface area contributed by atoms with Crippen LogP contribution in [-0.2, 0) is 0 Å². The van der Waals surface area contributed by atoms with Gasteiger partial charge in [-0.1, -0.05) is 13.0 Å². The second-order valence-corrected chi connectivity index (χ2v) is 7.17. The van der Waals surface area contributed by atoms with E-state index in [-0.39, 0.29) is 29.1 Å². The Morgan fingerprint density at radius 3 is 2.61 bits per heavy atom. The van der Waals surface area contributed by atoms with E-state index >= 15 is 0 Å². The monoisotopic (exact) mass is 317 g/mol. The molecule has 0 bridgehead atoms. The highest BCUT2D eigenvalue weighted by molar-refractivity contribution is 5.96. The zero-order chi connectivity index (χ0) is 17.0. The Kier molecular flexibility index (Phi) is 5.39. The summed E-state index contributed by atoms with van der Waals surface area (Å²) >= 11 is 0. The molecule has 2 heterocycles. The fourth-order valence-electron chi connectivity index (χ4n) is 2.92. The van der Waals surface area contributed by atoms with E-state index in [1.165, 1.54) is 6.42 Å². The second-order valence-electron chi connectivity index (χ2n) is 7.17. The molecule has 126 valence electrons. The molecule has 1 saturated heterocycles. The first-order valence-electron chi connectivity index (χ1n) is 8.42. The number of pyridine rings is 1. The Morgan fingerprint density at radius 1 is 1.26 bits per heavy atom. The summed E-state index contributed by atoms with van der Waals surface area (Å²) in [5.41, 5.74) is 0.307. The van der Waals surface area contributed by atoms with Crippen LogP contribution in [0.3, 0.4) is 0 Å². The van der Waals surface area contributed by atoms with E-state index in [2.05, 4.69) is 17.2 Å². The van der Waals surface area contributed by atoms with Crippen LogP contribution in [0.4, 0.5) is 0 Å². The molecule has 1 atom stereocenters. The lowest BCUT2D eigenvalue weighted by Crippen LogP contribution is -2.44. The van der Waals surface area contributed by atoms with Crippen molar-refractivity contribution in [3.05, 3.63) is 29.6 Å². The van der Waals surface area contributed by atoms with Crippen molar-refractivity contribution in [1.82, 2.24) is 15.2 Å². The largest absolute Gasteiger partial charge is 0.346 e. The van der Waals surface area contributed by atoms with Crippen LogP contribution in [0.2, 0.25) is 0 Å². The number of nitrogens with zero attached hydrogens (tertiary/aromatic N) is 2. The van der Waals surface area contributed by atoms with Crippen LogP contribution in [0.5, 0.6) is 0 Å². The van der Waals surface area contributed by atoms with Gasteiger partial charge in [-0.05, 0) is 58.6 Å². The Balaban J connectivity index is 2.18.